The highest BCUT2D eigenvalue weighted by Gasteiger charge is 2.48. The van der Waals surface area contributed by atoms with E-state index in [4.69, 9.17) is 14.7 Å². The van der Waals surface area contributed by atoms with Crippen molar-refractivity contribution < 1.29 is 19.1 Å². The van der Waals surface area contributed by atoms with Crippen molar-refractivity contribution in [2.45, 2.75) is 84.8 Å². The van der Waals surface area contributed by atoms with E-state index in [9.17, 15) is 14.4 Å². The third kappa shape index (κ3) is 5.77. The van der Waals surface area contributed by atoms with Gasteiger partial charge in [0.25, 0.3) is 0 Å². The first kappa shape index (κ1) is 29.7. The van der Waals surface area contributed by atoms with Crippen LogP contribution in [0.15, 0.2) is 60.8 Å². The molecule has 0 spiro atoms. The van der Waals surface area contributed by atoms with E-state index < -0.39 is 5.60 Å². The topological polar surface area (TPSA) is 94.4 Å². The number of carbonyl (C=O) groups excluding carboxylic acids is 3. The fraction of sp³-hybridized carbons (Fsp3) is 0.417. The standard InChI is InChI=1S/C36H40N4O4/c1-5-6-15-31-38-30-20-25(40-33(41)27-12-8-9-13-28(27)34(40)42)21-37-32(30)39(31)22-23-16-18-24(19-17-23)26-11-7-10-14-29(26)35(43)44-36(2,3)4/h7,10-11,14,16-21,27-28H,5-6,8-9,12-13,15,22H2,1-4H3. The number of pyridine rings is 1. The maximum absolute atomic E-state index is 13.2. The van der Waals surface area contributed by atoms with Crippen LogP contribution >= 0.6 is 0 Å². The van der Waals surface area contributed by atoms with Crippen molar-refractivity contribution in [1.29, 1.82) is 0 Å². The third-order valence-electron chi connectivity index (χ3n) is 8.65. The third-order valence-corrected chi connectivity index (χ3v) is 8.65. The van der Waals surface area contributed by atoms with Crippen LogP contribution < -0.4 is 4.90 Å². The van der Waals surface area contributed by atoms with Crippen molar-refractivity contribution in [1.82, 2.24) is 14.5 Å². The van der Waals surface area contributed by atoms with E-state index in [1.54, 1.807) is 12.3 Å². The SMILES string of the molecule is CCCCc1nc2cc(N3C(=O)C4CCCCC4C3=O)cnc2n1Cc1ccc(-c2ccccc2C(=O)OC(C)(C)C)cc1. The number of rotatable bonds is 8. The zero-order chi connectivity index (χ0) is 31.0. The predicted molar refractivity (Wildman–Crippen MR) is 170 cm³/mol. The van der Waals surface area contributed by atoms with E-state index >= 15 is 0 Å². The van der Waals surface area contributed by atoms with E-state index in [0.717, 1.165) is 73.1 Å². The highest BCUT2D eigenvalue weighted by molar-refractivity contribution is 6.22. The molecule has 2 atom stereocenters. The van der Waals surface area contributed by atoms with Gasteiger partial charge in [-0.1, -0.05) is 68.7 Å². The summed E-state index contributed by atoms with van der Waals surface area (Å²) in [5.74, 6) is -0.0187. The molecular weight excluding hydrogens is 552 g/mol. The number of carbonyl (C=O) groups is 3. The average molecular weight is 593 g/mol. The van der Waals surface area contributed by atoms with Crippen molar-refractivity contribution in [2.75, 3.05) is 4.90 Å². The van der Waals surface area contributed by atoms with Gasteiger partial charge in [0, 0.05) is 6.42 Å². The van der Waals surface area contributed by atoms with E-state index in [1.165, 1.54) is 4.90 Å². The van der Waals surface area contributed by atoms with Crippen LogP contribution in [0.5, 0.6) is 0 Å². The molecule has 1 saturated heterocycles. The number of hydrogen-bond acceptors (Lipinski definition) is 6. The Morgan fingerprint density at radius 1 is 0.977 bits per heavy atom. The number of imidazole rings is 1. The van der Waals surface area contributed by atoms with Gasteiger partial charge in [-0.15, -0.1) is 0 Å². The van der Waals surface area contributed by atoms with Crippen molar-refractivity contribution in [2.24, 2.45) is 11.8 Å². The fourth-order valence-corrected chi connectivity index (χ4v) is 6.50. The number of nitrogens with zero attached hydrogens (tertiary/aromatic N) is 4. The minimum absolute atomic E-state index is 0.0974. The van der Waals surface area contributed by atoms with Gasteiger partial charge in [0.2, 0.25) is 11.8 Å². The molecule has 4 aromatic rings. The lowest BCUT2D eigenvalue weighted by Gasteiger charge is -2.20. The molecule has 2 aliphatic rings. The number of benzene rings is 2. The van der Waals surface area contributed by atoms with Gasteiger partial charge < -0.3 is 9.30 Å². The van der Waals surface area contributed by atoms with Crippen LogP contribution in [0, 0.1) is 11.8 Å². The summed E-state index contributed by atoms with van der Waals surface area (Å²) >= 11 is 0. The molecule has 228 valence electrons. The van der Waals surface area contributed by atoms with Gasteiger partial charge >= 0.3 is 5.97 Å². The molecule has 1 saturated carbocycles. The molecule has 8 heteroatoms. The molecule has 2 aromatic carbocycles. The molecule has 44 heavy (non-hydrogen) atoms. The van der Waals surface area contributed by atoms with Crippen LogP contribution in [-0.2, 0) is 27.3 Å². The van der Waals surface area contributed by atoms with Gasteiger partial charge in [0.05, 0.1) is 35.8 Å². The molecule has 3 heterocycles. The Bertz CT molecular complexity index is 1690. The van der Waals surface area contributed by atoms with Crippen molar-refractivity contribution >= 4 is 34.6 Å². The van der Waals surface area contributed by atoms with Crippen LogP contribution in [0.25, 0.3) is 22.3 Å². The van der Waals surface area contributed by atoms with Crippen molar-refractivity contribution in [3.8, 4) is 11.1 Å². The number of hydrogen-bond donors (Lipinski definition) is 0. The quantitative estimate of drug-likeness (QED) is 0.160. The fourth-order valence-electron chi connectivity index (χ4n) is 6.50. The summed E-state index contributed by atoms with van der Waals surface area (Å²) in [6.07, 6.45) is 8.02. The first-order valence-electron chi connectivity index (χ1n) is 15.8. The summed E-state index contributed by atoms with van der Waals surface area (Å²) in [6, 6.07) is 17.5. The Hall–Kier alpha value is -4.33. The van der Waals surface area contributed by atoms with Gasteiger partial charge in [-0.25, -0.2) is 19.7 Å². The first-order chi connectivity index (χ1) is 21.1. The van der Waals surface area contributed by atoms with Crippen LogP contribution in [-0.4, -0.2) is 37.9 Å². The Balaban J connectivity index is 1.29. The van der Waals surface area contributed by atoms with Crippen LogP contribution in [0.1, 0.15) is 88.0 Å². The number of ether oxygens (including phenoxy) is 1. The number of fused-ring (bicyclic) bond motifs is 2. The highest BCUT2D eigenvalue weighted by Crippen LogP contribution is 2.40. The van der Waals surface area contributed by atoms with Crippen molar-refractivity contribution in [3.05, 3.63) is 77.7 Å². The molecular formula is C36H40N4O4. The van der Waals surface area contributed by atoms with Crippen LogP contribution in [0.3, 0.4) is 0 Å². The summed E-state index contributed by atoms with van der Waals surface area (Å²) in [4.78, 5) is 50.4. The monoisotopic (exact) mass is 592 g/mol. The Morgan fingerprint density at radius 2 is 1.66 bits per heavy atom. The van der Waals surface area contributed by atoms with E-state index in [-0.39, 0.29) is 29.6 Å². The number of esters is 1. The summed E-state index contributed by atoms with van der Waals surface area (Å²) in [5, 5.41) is 0. The second-order valence-corrected chi connectivity index (χ2v) is 13.0. The lowest BCUT2D eigenvalue weighted by molar-refractivity contribution is -0.122. The molecule has 2 amide bonds. The Labute approximate surface area is 258 Å². The number of aryl methyl sites for hydroxylation is 1. The molecule has 6 rings (SSSR count). The minimum atomic E-state index is -0.580. The number of unbranched alkanes of at least 4 members (excludes halogenated alkanes) is 1. The summed E-state index contributed by atoms with van der Waals surface area (Å²) in [7, 11) is 0. The Kier molecular flexibility index (Phi) is 8.10. The van der Waals surface area contributed by atoms with Gasteiger partial charge in [-0.3, -0.25) is 9.59 Å². The maximum Gasteiger partial charge on any atom is 0.339 e. The molecule has 0 bridgehead atoms. The summed E-state index contributed by atoms with van der Waals surface area (Å²) in [6.45, 7) is 8.32. The molecule has 1 aliphatic carbocycles. The van der Waals surface area contributed by atoms with E-state index in [2.05, 4.69) is 23.6 Å². The van der Waals surface area contributed by atoms with Gasteiger partial charge in [0.15, 0.2) is 5.65 Å². The largest absolute Gasteiger partial charge is 0.456 e. The normalized spacial score (nSPS) is 18.6. The molecule has 2 unspecified atom stereocenters. The minimum Gasteiger partial charge on any atom is -0.456 e. The molecule has 0 N–H and O–H groups in total. The number of anilines is 1. The molecule has 8 nitrogen and oxygen atoms in total. The average Bonchev–Trinajstić information content (AvgIpc) is 3.48. The molecule has 2 fully saturated rings. The lowest BCUT2D eigenvalue weighted by Crippen LogP contribution is -2.30. The van der Waals surface area contributed by atoms with Gasteiger partial charge in [0.1, 0.15) is 16.9 Å². The molecule has 0 radical (unpaired) electrons. The number of imide groups is 1. The predicted octanol–water partition coefficient (Wildman–Crippen LogP) is 7.12. The highest BCUT2D eigenvalue weighted by atomic mass is 16.6. The van der Waals surface area contributed by atoms with Crippen LogP contribution in [0.4, 0.5) is 5.69 Å². The van der Waals surface area contributed by atoms with Crippen molar-refractivity contribution in [3.63, 3.8) is 0 Å². The zero-order valence-electron chi connectivity index (χ0n) is 26.0. The smallest absolute Gasteiger partial charge is 0.339 e. The van der Waals surface area contributed by atoms with E-state index in [0.29, 0.717) is 23.3 Å². The maximum atomic E-state index is 13.2. The second-order valence-electron chi connectivity index (χ2n) is 13.0. The van der Waals surface area contributed by atoms with Crippen LogP contribution in [0.2, 0.25) is 0 Å². The summed E-state index contributed by atoms with van der Waals surface area (Å²) in [5.41, 5.74) is 4.71. The molecule has 2 aromatic heterocycles. The number of amides is 2. The van der Waals surface area contributed by atoms with Gasteiger partial charge in [-0.2, -0.15) is 0 Å². The Morgan fingerprint density at radius 3 is 2.32 bits per heavy atom. The summed E-state index contributed by atoms with van der Waals surface area (Å²) < 4.78 is 7.78. The van der Waals surface area contributed by atoms with E-state index in [1.807, 2.05) is 57.2 Å². The second kappa shape index (κ2) is 12.0. The zero-order valence-corrected chi connectivity index (χ0v) is 26.0. The lowest BCUT2D eigenvalue weighted by atomic mass is 9.81. The van der Waals surface area contributed by atoms with Gasteiger partial charge in [-0.05, 0) is 68.9 Å². The number of aromatic nitrogens is 3. The first-order valence-corrected chi connectivity index (χ1v) is 15.8. The molecule has 1 aliphatic heterocycles.